The van der Waals surface area contributed by atoms with Crippen LogP contribution in [-0.2, 0) is 0 Å². The smallest absolute Gasteiger partial charge is 0.0621 e. The number of aliphatic hydroxyl groups is 1. The Kier molecular flexibility index (Phi) is 4.08. The van der Waals surface area contributed by atoms with Gasteiger partial charge in [0.2, 0.25) is 0 Å². The van der Waals surface area contributed by atoms with E-state index in [0.717, 1.165) is 24.2 Å². The van der Waals surface area contributed by atoms with E-state index in [-0.39, 0.29) is 11.5 Å². The summed E-state index contributed by atoms with van der Waals surface area (Å²) in [6.45, 7) is 11.5. The lowest BCUT2D eigenvalue weighted by atomic mass is 9.63. The number of nitrogens with one attached hydrogen (secondary N) is 1. The second-order valence-electron chi connectivity index (χ2n) is 7.72. The van der Waals surface area contributed by atoms with Gasteiger partial charge in [0.1, 0.15) is 0 Å². The van der Waals surface area contributed by atoms with Gasteiger partial charge >= 0.3 is 0 Å². The molecular weight excluding hydrogens is 222 g/mol. The molecule has 2 aliphatic carbocycles. The zero-order valence-electron chi connectivity index (χ0n) is 12.7. The lowest BCUT2D eigenvalue weighted by molar-refractivity contribution is -0.0812. The summed E-state index contributed by atoms with van der Waals surface area (Å²) in [5.41, 5.74) is 0.0578. The average Bonchev–Trinajstić information content (AvgIpc) is 2.28. The van der Waals surface area contributed by atoms with Crippen molar-refractivity contribution in [3.63, 3.8) is 0 Å². The van der Waals surface area contributed by atoms with Crippen LogP contribution in [0.4, 0.5) is 0 Å². The van der Waals surface area contributed by atoms with Crippen molar-refractivity contribution in [1.29, 1.82) is 0 Å². The van der Waals surface area contributed by atoms with E-state index in [9.17, 15) is 5.11 Å². The van der Waals surface area contributed by atoms with E-state index >= 15 is 0 Å². The number of rotatable bonds is 3. The van der Waals surface area contributed by atoms with Crippen LogP contribution in [0.15, 0.2) is 0 Å². The minimum atomic E-state index is -0.117. The third-order valence-electron chi connectivity index (χ3n) is 5.65. The molecule has 0 aromatic heterocycles. The molecule has 0 aliphatic heterocycles. The predicted molar refractivity (Wildman–Crippen MR) is 76.5 cm³/mol. The SMILES string of the molecule is CC1CCC(C(C)C)C(NC2CC(O)C2(C)C)C1. The fourth-order valence-corrected chi connectivity index (χ4v) is 3.84. The first-order valence-corrected chi connectivity index (χ1v) is 7.76. The largest absolute Gasteiger partial charge is 0.392 e. The van der Waals surface area contributed by atoms with Gasteiger partial charge in [-0.2, -0.15) is 0 Å². The quantitative estimate of drug-likeness (QED) is 0.809. The summed E-state index contributed by atoms with van der Waals surface area (Å²) in [5.74, 6) is 2.43. The minimum Gasteiger partial charge on any atom is -0.392 e. The molecule has 2 saturated carbocycles. The first-order chi connectivity index (χ1) is 8.32. The molecule has 2 nitrogen and oxygen atoms in total. The molecule has 2 aliphatic rings. The van der Waals surface area contributed by atoms with Crippen LogP contribution in [0.25, 0.3) is 0 Å². The van der Waals surface area contributed by atoms with Crippen molar-refractivity contribution in [1.82, 2.24) is 5.32 Å². The standard InChI is InChI=1S/C16H31NO/c1-10(2)12-7-6-11(3)8-13(12)17-14-9-15(18)16(14,4)5/h10-15,17-18H,6-9H2,1-5H3. The Hall–Kier alpha value is -0.0800. The summed E-state index contributed by atoms with van der Waals surface area (Å²) in [6.07, 6.45) is 4.88. The second-order valence-corrected chi connectivity index (χ2v) is 7.72. The number of hydrogen-bond donors (Lipinski definition) is 2. The van der Waals surface area contributed by atoms with Gasteiger partial charge in [0.15, 0.2) is 0 Å². The summed E-state index contributed by atoms with van der Waals surface area (Å²) in [7, 11) is 0. The van der Waals surface area contributed by atoms with Gasteiger partial charge in [0.25, 0.3) is 0 Å². The molecule has 5 unspecified atom stereocenters. The molecule has 0 aromatic rings. The van der Waals surface area contributed by atoms with Crippen LogP contribution >= 0.6 is 0 Å². The Morgan fingerprint density at radius 1 is 1.17 bits per heavy atom. The van der Waals surface area contributed by atoms with Crippen LogP contribution < -0.4 is 5.32 Å². The number of aliphatic hydroxyl groups excluding tert-OH is 1. The van der Waals surface area contributed by atoms with E-state index in [0.29, 0.717) is 12.1 Å². The molecule has 0 heterocycles. The van der Waals surface area contributed by atoms with Crippen LogP contribution in [0, 0.1) is 23.2 Å². The van der Waals surface area contributed by atoms with Crippen molar-refractivity contribution >= 4 is 0 Å². The molecule has 2 fully saturated rings. The van der Waals surface area contributed by atoms with Crippen LogP contribution in [0.5, 0.6) is 0 Å². The Balaban J connectivity index is 1.97. The molecule has 0 amide bonds. The van der Waals surface area contributed by atoms with Crippen molar-refractivity contribution in [3.05, 3.63) is 0 Å². The normalized spacial score (nSPS) is 43.8. The Morgan fingerprint density at radius 3 is 2.33 bits per heavy atom. The van der Waals surface area contributed by atoms with Gasteiger partial charge in [-0.15, -0.1) is 0 Å². The number of hydrogen-bond acceptors (Lipinski definition) is 2. The zero-order valence-corrected chi connectivity index (χ0v) is 12.7. The first kappa shape index (κ1) is 14.3. The van der Waals surface area contributed by atoms with Gasteiger partial charge in [-0.3, -0.25) is 0 Å². The minimum absolute atomic E-state index is 0.0578. The van der Waals surface area contributed by atoms with Crippen LogP contribution in [0.3, 0.4) is 0 Å². The highest BCUT2D eigenvalue weighted by Crippen LogP contribution is 2.42. The molecular formula is C16H31NO. The van der Waals surface area contributed by atoms with Crippen LogP contribution in [0.2, 0.25) is 0 Å². The van der Waals surface area contributed by atoms with Gasteiger partial charge < -0.3 is 10.4 Å². The molecule has 0 radical (unpaired) electrons. The molecule has 0 saturated heterocycles. The Morgan fingerprint density at radius 2 is 1.83 bits per heavy atom. The second kappa shape index (κ2) is 5.13. The molecule has 2 N–H and O–H groups in total. The van der Waals surface area contributed by atoms with E-state index in [1.54, 1.807) is 0 Å². The molecule has 2 rings (SSSR count). The monoisotopic (exact) mass is 253 g/mol. The highest BCUT2D eigenvalue weighted by atomic mass is 16.3. The van der Waals surface area contributed by atoms with Crippen LogP contribution in [0.1, 0.15) is 60.3 Å². The summed E-state index contributed by atoms with van der Waals surface area (Å²) in [5, 5.41) is 13.7. The lowest BCUT2D eigenvalue weighted by Gasteiger charge is -2.53. The van der Waals surface area contributed by atoms with Crippen molar-refractivity contribution in [2.45, 2.75) is 78.5 Å². The molecule has 0 aromatic carbocycles. The lowest BCUT2D eigenvalue weighted by Crippen LogP contribution is -2.63. The van der Waals surface area contributed by atoms with E-state index < -0.39 is 0 Å². The van der Waals surface area contributed by atoms with E-state index in [1.807, 2.05) is 0 Å². The van der Waals surface area contributed by atoms with Crippen molar-refractivity contribution in [2.24, 2.45) is 23.2 Å². The predicted octanol–water partition coefficient (Wildman–Crippen LogP) is 3.20. The first-order valence-electron chi connectivity index (χ1n) is 7.76. The third kappa shape index (κ3) is 2.60. The molecule has 0 spiro atoms. The maximum absolute atomic E-state index is 9.86. The molecule has 5 atom stereocenters. The summed E-state index contributed by atoms with van der Waals surface area (Å²) >= 11 is 0. The fourth-order valence-electron chi connectivity index (χ4n) is 3.84. The van der Waals surface area contributed by atoms with Crippen molar-refractivity contribution in [2.75, 3.05) is 0 Å². The summed E-state index contributed by atoms with van der Waals surface area (Å²) in [6, 6.07) is 1.16. The highest BCUT2D eigenvalue weighted by Gasteiger charge is 2.48. The maximum atomic E-state index is 9.86. The van der Waals surface area contributed by atoms with Crippen molar-refractivity contribution in [3.8, 4) is 0 Å². The zero-order chi connectivity index (χ0) is 13.5. The summed E-state index contributed by atoms with van der Waals surface area (Å²) in [4.78, 5) is 0. The van der Waals surface area contributed by atoms with Crippen molar-refractivity contribution < 1.29 is 5.11 Å². The maximum Gasteiger partial charge on any atom is 0.0621 e. The van der Waals surface area contributed by atoms with Gasteiger partial charge in [-0.05, 0) is 37.0 Å². The molecule has 18 heavy (non-hydrogen) atoms. The Labute approximate surface area is 113 Å². The van der Waals surface area contributed by atoms with Gasteiger partial charge in [-0.25, -0.2) is 0 Å². The Bertz CT molecular complexity index is 287. The van der Waals surface area contributed by atoms with E-state index in [2.05, 4.69) is 39.9 Å². The molecule has 2 heteroatoms. The average molecular weight is 253 g/mol. The van der Waals surface area contributed by atoms with Crippen LogP contribution in [-0.4, -0.2) is 23.3 Å². The summed E-state index contributed by atoms with van der Waals surface area (Å²) < 4.78 is 0. The third-order valence-corrected chi connectivity index (χ3v) is 5.65. The van der Waals surface area contributed by atoms with E-state index in [4.69, 9.17) is 0 Å². The van der Waals surface area contributed by atoms with E-state index in [1.165, 1.54) is 19.3 Å². The fraction of sp³-hybridized carbons (Fsp3) is 1.00. The van der Waals surface area contributed by atoms with Gasteiger partial charge in [-0.1, -0.05) is 41.0 Å². The van der Waals surface area contributed by atoms with Gasteiger partial charge in [0.05, 0.1) is 6.10 Å². The highest BCUT2D eigenvalue weighted by molar-refractivity contribution is 5.03. The molecule has 0 bridgehead atoms. The van der Waals surface area contributed by atoms with Gasteiger partial charge in [0, 0.05) is 17.5 Å². The molecule has 106 valence electrons. The topological polar surface area (TPSA) is 32.3 Å².